The smallest absolute Gasteiger partial charge is 0.411 e. The number of amides is 1. The maximum Gasteiger partial charge on any atom is 0.411 e. The Morgan fingerprint density at radius 3 is 2.63 bits per heavy atom. The average Bonchev–Trinajstić information content (AvgIpc) is 2.83. The monoisotopic (exact) mass is 260 g/mol. The molecule has 0 aromatic heterocycles. The number of benzene rings is 1. The van der Waals surface area contributed by atoms with E-state index in [1.165, 1.54) is 5.56 Å². The van der Waals surface area contributed by atoms with Gasteiger partial charge in [-0.25, -0.2) is 4.79 Å². The Labute approximate surface area is 113 Å². The molecule has 19 heavy (non-hydrogen) atoms. The quantitative estimate of drug-likeness (QED) is 0.727. The Morgan fingerprint density at radius 2 is 2.00 bits per heavy atom. The first-order chi connectivity index (χ1) is 8.88. The van der Waals surface area contributed by atoms with E-state index in [9.17, 15) is 4.79 Å². The van der Waals surface area contributed by atoms with Gasteiger partial charge < -0.3 is 10.5 Å². The van der Waals surface area contributed by atoms with Crippen LogP contribution in [-0.4, -0.2) is 16.6 Å². The average molecular weight is 260 g/mol. The molecule has 1 aromatic rings. The second kappa shape index (κ2) is 3.89. The molecule has 1 amide bonds. The number of hydrogen-bond acceptors (Lipinski definition) is 3. The number of carbonyl (C=O) groups is 1. The van der Waals surface area contributed by atoms with Gasteiger partial charge in [-0.2, -0.15) is 0 Å². The van der Waals surface area contributed by atoms with Crippen LogP contribution in [-0.2, 0) is 4.74 Å². The van der Waals surface area contributed by atoms with Crippen LogP contribution in [0.3, 0.4) is 0 Å². The third-order valence-electron chi connectivity index (χ3n) is 3.86. The Balaban J connectivity index is 1.93. The topological polar surface area (TPSA) is 55.6 Å². The first kappa shape index (κ1) is 12.3. The van der Waals surface area contributed by atoms with Gasteiger partial charge in [0, 0.05) is 11.3 Å². The summed E-state index contributed by atoms with van der Waals surface area (Å²) in [5, 5.41) is 0. The van der Waals surface area contributed by atoms with E-state index in [4.69, 9.17) is 10.5 Å². The van der Waals surface area contributed by atoms with Crippen LogP contribution in [0.1, 0.15) is 56.8 Å². The van der Waals surface area contributed by atoms with Crippen LogP contribution in [0.4, 0.5) is 10.5 Å². The second-order valence-electron chi connectivity index (χ2n) is 6.35. The molecule has 1 saturated heterocycles. The van der Waals surface area contributed by atoms with E-state index in [-0.39, 0.29) is 18.2 Å². The number of anilines is 1. The summed E-state index contributed by atoms with van der Waals surface area (Å²) in [6.07, 6.45) is 1.75. The number of fused-ring (bicyclic) bond motifs is 5. The lowest BCUT2D eigenvalue weighted by Crippen LogP contribution is -2.34. The van der Waals surface area contributed by atoms with Crippen molar-refractivity contribution in [2.24, 2.45) is 0 Å². The fourth-order valence-corrected chi connectivity index (χ4v) is 3.25. The van der Waals surface area contributed by atoms with Gasteiger partial charge in [-0.1, -0.05) is 12.1 Å². The highest BCUT2D eigenvalue weighted by atomic mass is 16.6. The number of nitrogen functional groups attached to an aromatic ring is 1. The SMILES string of the molecule is CC(C)(C)OC(=O)N1[C@H]2CC[C@H]1c1c(N)cccc12. The highest BCUT2D eigenvalue weighted by Crippen LogP contribution is 2.55. The van der Waals surface area contributed by atoms with E-state index < -0.39 is 5.60 Å². The van der Waals surface area contributed by atoms with Crippen molar-refractivity contribution in [3.8, 4) is 0 Å². The minimum absolute atomic E-state index is 0.0936. The molecule has 1 fully saturated rings. The van der Waals surface area contributed by atoms with E-state index in [0.717, 1.165) is 24.1 Å². The van der Waals surface area contributed by atoms with Crippen LogP contribution in [0, 0.1) is 0 Å². The summed E-state index contributed by atoms with van der Waals surface area (Å²) in [7, 11) is 0. The van der Waals surface area contributed by atoms with Gasteiger partial charge in [-0.05, 0) is 45.2 Å². The van der Waals surface area contributed by atoms with Crippen molar-refractivity contribution >= 4 is 11.8 Å². The zero-order chi connectivity index (χ0) is 13.8. The normalized spacial score (nSPS) is 24.5. The zero-order valence-electron chi connectivity index (χ0n) is 11.6. The van der Waals surface area contributed by atoms with Gasteiger partial charge in [0.05, 0.1) is 12.1 Å². The van der Waals surface area contributed by atoms with Crippen LogP contribution in [0.2, 0.25) is 0 Å². The summed E-state index contributed by atoms with van der Waals surface area (Å²) >= 11 is 0. The standard InChI is InChI=1S/C15H20N2O2/c1-15(2,3)19-14(18)17-11-7-8-12(17)13-9(11)5-4-6-10(13)16/h4-6,11-12H,7-8,16H2,1-3H3/t11-,12-/m0/s1. The molecule has 2 atom stereocenters. The van der Waals surface area contributed by atoms with Gasteiger partial charge in [0.1, 0.15) is 5.60 Å². The fraction of sp³-hybridized carbons (Fsp3) is 0.533. The summed E-state index contributed by atoms with van der Waals surface area (Å²) < 4.78 is 5.52. The first-order valence-electron chi connectivity index (χ1n) is 6.78. The second-order valence-corrected chi connectivity index (χ2v) is 6.35. The predicted octanol–water partition coefficient (Wildman–Crippen LogP) is 3.40. The number of hydrogen-bond donors (Lipinski definition) is 1. The molecule has 4 heteroatoms. The third-order valence-corrected chi connectivity index (χ3v) is 3.86. The highest BCUT2D eigenvalue weighted by molar-refractivity contribution is 5.74. The summed E-state index contributed by atoms with van der Waals surface area (Å²) in [4.78, 5) is 14.2. The molecule has 2 aliphatic rings. The number of carbonyl (C=O) groups excluding carboxylic acids is 1. The molecule has 2 N–H and O–H groups in total. The molecule has 2 heterocycles. The molecule has 4 nitrogen and oxygen atoms in total. The van der Waals surface area contributed by atoms with Crippen LogP contribution in [0.15, 0.2) is 18.2 Å². The van der Waals surface area contributed by atoms with Gasteiger partial charge in [0.2, 0.25) is 0 Å². The van der Waals surface area contributed by atoms with Crippen molar-refractivity contribution in [3.05, 3.63) is 29.3 Å². The molecule has 0 spiro atoms. The molecule has 0 unspecified atom stereocenters. The van der Waals surface area contributed by atoms with Crippen LogP contribution < -0.4 is 5.73 Å². The van der Waals surface area contributed by atoms with Crippen molar-refractivity contribution in [2.75, 3.05) is 5.73 Å². The molecular weight excluding hydrogens is 240 g/mol. The molecule has 1 aromatic carbocycles. The minimum Gasteiger partial charge on any atom is -0.444 e. The van der Waals surface area contributed by atoms with E-state index in [0.29, 0.717) is 0 Å². The van der Waals surface area contributed by atoms with E-state index >= 15 is 0 Å². The van der Waals surface area contributed by atoms with Gasteiger partial charge in [0.25, 0.3) is 0 Å². The summed E-state index contributed by atoms with van der Waals surface area (Å²) in [5.74, 6) is 0. The predicted molar refractivity (Wildman–Crippen MR) is 73.6 cm³/mol. The first-order valence-corrected chi connectivity index (χ1v) is 6.78. The van der Waals surface area contributed by atoms with E-state index in [1.807, 2.05) is 37.8 Å². The van der Waals surface area contributed by atoms with Crippen molar-refractivity contribution in [1.29, 1.82) is 0 Å². The van der Waals surface area contributed by atoms with Gasteiger partial charge in [-0.3, -0.25) is 4.90 Å². The lowest BCUT2D eigenvalue weighted by atomic mass is 9.91. The lowest BCUT2D eigenvalue weighted by Gasteiger charge is -2.27. The van der Waals surface area contributed by atoms with Crippen molar-refractivity contribution < 1.29 is 9.53 Å². The molecule has 102 valence electrons. The summed E-state index contributed by atoms with van der Waals surface area (Å²) in [5.41, 5.74) is 8.72. The molecule has 0 saturated carbocycles. The van der Waals surface area contributed by atoms with Gasteiger partial charge in [-0.15, -0.1) is 0 Å². The van der Waals surface area contributed by atoms with Gasteiger partial charge in [0.15, 0.2) is 0 Å². The molecule has 2 aliphatic heterocycles. The summed E-state index contributed by atoms with van der Waals surface area (Å²) in [6, 6.07) is 6.18. The maximum atomic E-state index is 12.4. The Bertz CT molecular complexity index is 533. The fourth-order valence-electron chi connectivity index (χ4n) is 3.25. The molecule has 0 radical (unpaired) electrons. The highest BCUT2D eigenvalue weighted by Gasteiger charge is 2.48. The van der Waals surface area contributed by atoms with Crippen LogP contribution in [0.25, 0.3) is 0 Å². The Morgan fingerprint density at radius 1 is 1.32 bits per heavy atom. The largest absolute Gasteiger partial charge is 0.444 e. The number of ether oxygens (including phenoxy) is 1. The molecule has 3 rings (SSSR count). The minimum atomic E-state index is -0.461. The lowest BCUT2D eigenvalue weighted by molar-refractivity contribution is 0.0178. The van der Waals surface area contributed by atoms with Crippen LogP contribution in [0.5, 0.6) is 0 Å². The van der Waals surface area contributed by atoms with Gasteiger partial charge >= 0.3 is 6.09 Å². The van der Waals surface area contributed by atoms with Crippen molar-refractivity contribution in [2.45, 2.75) is 51.3 Å². The maximum absolute atomic E-state index is 12.4. The summed E-state index contributed by atoms with van der Waals surface area (Å²) in [6.45, 7) is 5.68. The van der Waals surface area contributed by atoms with E-state index in [2.05, 4.69) is 6.07 Å². The molecule has 2 bridgehead atoms. The van der Waals surface area contributed by atoms with Crippen molar-refractivity contribution in [3.63, 3.8) is 0 Å². The third kappa shape index (κ3) is 1.86. The van der Waals surface area contributed by atoms with Crippen LogP contribution >= 0.6 is 0 Å². The van der Waals surface area contributed by atoms with E-state index in [1.54, 1.807) is 0 Å². The molecule has 0 aliphatic carbocycles. The molecular formula is C15H20N2O2. The number of nitrogens with two attached hydrogens (primary N) is 1. The number of rotatable bonds is 0. The Kier molecular flexibility index (Phi) is 2.52. The zero-order valence-corrected chi connectivity index (χ0v) is 11.6. The van der Waals surface area contributed by atoms with Crippen molar-refractivity contribution in [1.82, 2.24) is 4.90 Å². The Hall–Kier alpha value is -1.71. The number of nitrogens with zero attached hydrogens (tertiary/aromatic N) is 1.